The van der Waals surface area contributed by atoms with Crippen LogP contribution in [-0.4, -0.2) is 36.1 Å². The summed E-state index contributed by atoms with van der Waals surface area (Å²) in [5, 5.41) is 11.2. The van der Waals surface area contributed by atoms with E-state index in [1.165, 1.54) is 50.2 Å². The highest BCUT2D eigenvalue weighted by molar-refractivity contribution is 5.86. The zero-order valence-electron chi connectivity index (χ0n) is 18.4. The van der Waals surface area contributed by atoms with Crippen molar-refractivity contribution in [2.45, 2.75) is 43.4 Å². The minimum atomic E-state index is -5.19. The Morgan fingerprint density at radius 1 is 1.06 bits per heavy atom. The number of methoxy groups -OCH3 is 1. The Morgan fingerprint density at radius 2 is 1.74 bits per heavy atom. The molecule has 1 aliphatic rings. The number of benzene rings is 2. The van der Waals surface area contributed by atoms with Gasteiger partial charge in [0.05, 0.1) is 0 Å². The van der Waals surface area contributed by atoms with Crippen molar-refractivity contribution in [2.24, 2.45) is 0 Å². The molecule has 2 aromatic carbocycles. The summed E-state index contributed by atoms with van der Waals surface area (Å²) in [6, 6.07) is 11.7. The van der Waals surface area contributed by atoms with Crippen molar-refractivity contribution in [2.75, 3.05) is 7.11 Å². The van der Waals surface area contributed by atoms with Gasteiger partial charge in [-0.3, -0.25) is 0 Å². The summed E-state index contributed by atoms with van der Waals surface area (Å²) in [5.74, 6) is -1.61. The second-order valence-corrected chi connectivity index (χ2v) is 8.37. The molecule has 0 unspecified atom stereocenters. The van der Waals surface area contributed by atoms with Gasteiger partial charge < -0.3 is 23.7 Å². The molecule has 7 nitrogen and oxygen atoms in total. The lowest BCUT2D eigenvalue weighted by molar-refractivity contribution is -0.281. The average Bonchev–Trinajstić information content (AvgIpc) is 2.77. The molecule has 3 aromatic rings. The Hall–Kier alpha value is -3.37. The van der Waals surface area contributed by atoms with Crippen LogP contribution in [0.1, 0.15) is 31.1 Å². The van der Waals surface area contributed by atoms with Crippen molar-refractivity contribution in [3.8, 4) is 5.75 Å². The Balaban J connectivity index is 1.89. The first kappa shape index (κ1) is 23.8. The number of carbonyl (C=O) groups excluding carboxylic acids is 1. The lowest BCUT2D eigenvalue weighted by Crippen LogP contribution is -2.55. The molecule has 0 spiro atoms. The van der Waals surface area contributed by atoms with Gasteiger partial charge in [0, 0.05) is 29.7 Å². The van der Waals surface area contributed by atoms with E-state index < -0.39 is 46.7 Å². The summed E-state index contributed by atoms with van der Waals surface area (Å²) in [5.41, 5.74) is -5.77. The van der Waals surface area contributed by atoms with Crippen LogP contribution in [0.15, 0.2) is 63.8 Å². The average molecular weight is 478 g/mol. The third-order valence-corrected chi connectivity index (χ3v) is 5.87. The molecule has 3 atom stereocenters. The van der Waals surface area contributed by atoms with Gasteiger partial charge in [0.15, 0.2) is 6.10 Å². The van der Waals surface area contributed by atoms with E-state index >= 15 is 0 Å². The highest BCUT2D eigenvalue weighted by atomic mass is 19.4. The number of aliphatic hydroxyl groups excluding tert-OH is 1. The third kappa shape index (κ3) is 3.63. The maximum Gasteiger partial charge on any atom is 0.432 e. The van der Waals surface area contributed by atoms with Gasteiger partial charge in [0.2, 0.25) is 0 Å². The van der Waals surface area contributed by atoms with Crippen LogP contribution in [0.2, 0.25) is 0 Å². The molecule has 10 heteroatoms. The fourth-order valence-corrected chi connectivity index (χ4v) is 4.11. The van der Waals surface area contributed by atoms with Crippen molar-refractivity contribution in [3.63, 3.8) is 0 Å². The first-order valence-corrected chi connectivity index (χ1v) is 10.2. The number of esters is 1. The monoisotopic (exact) mass is 478 g/mol. The minimum Gasteiger partial charge on any atom is -0.485 e. The van der Waals surface area contributed by atoms with Gasteiger partial charge in [0.25, 0.3) is 5.60 Å². The number of halogens is 3. The Kier molecular flexibility index (Phi) is 5.69. The van der Waals surface area contributed by atoms with E-state index in [0.29, 0.717) is 0 Å². The highest BCUT2D eigenvalue weighted by Crippen LogP contribution is 2.48. The lowest BCUT2D eigenvalue weighted by atomic mass is 9.86. The van der Waals surface area contributed by atoms with Crippen LogP contribution >= 0.6 is 0 Å². The van der Waals surface area contributed by atoms with Crippen molar-refractivity contribution in [3.05, 3.63) is 76.1 Å². The van der Waals surface area contributed by atoms with E-state index in [9.17, 15) is 27.9 Å². The number of hydrogen-bond acceptors (Lipinski definition) is 7. The molecule has 180 valence electrons. The normalized spacial score (nSPS) is 21.3. The van der Waals surface area contributed by atoms with Gasteiger partial charge in [-0.1, -0.05) is 30.3 Å². The standard InChI is InChI=1S/C24H21F3O7/c1-22(2)20(29)19(18-14-9-12-17(28)32-15(14)10-11-16(18)34-22)33-21(30)23(31-3,24(25,26)27)13-7-5-4-6-8-13/h4-12,19-20,29H,1-3H3/t19-,20-,23-/m1/s1. The number of aliphatic hydroxyl groups is 1. The molecule has 0 saturated heterocycles. The van der Waals surface area contributed by atoms with Crippen molar-refractivity contribution >= 4 is 16.9 Å². The van der Waals surface area contributed by atoms with Crippen LogP contribution < -0.4 is 10.4 Å². The first-order valence-electron chi connectivity index (χ1n) is 10.2. The van der Waals surface area contributed by atoms with Gasteiger partial charge in [0.1, 0.15) is 23.0 Å². The van der Waals surface area contributed by atoms with E-state index in [0.717, 1.165) is 25.3 Å². The largest absolute Gasteiger partial charge is 0.485 e. The predicted molar refractivity (Wildman–Crippen MR) is 113 cm³/mol. The quantitative estimate of drug-likeness (QED) is 0.447. The second kappa shape index (κ2) is 8.14. The minimum absolute atomic E-state index is 0.0710. The fraction of sp³-hybridized carbons (Fsp3) is 0.333. The number of rotatable bonds is 4. The van der Waals surface area contributed by atoms with Gasteiger partial charge in [-0.2, -0.15) is 13.2 Å². The van der Waals surface area contributed by atoms with Crippen LogP contribution in [0.5, 0.6) is 5.75 Å². The molecular formula is C24H21F3O7. The second-order valence-electron chi connectivity index (χ2n) is 8.37. The Morgan fingerprint density at radius 3 is 2.35 bits per heavy atom. The van der Waals surface area contributed by atoms with Crippen LogP contribution in [-0.2, 0) is 19.9 Å². The lowest BCUT2D eigenvalue weighted by Gasteiger charge is -2.43. The summed E-state index contributed by atoms with van der Waals surface area (Å²) in [6.07, 6.45) is -8.36. The van der Waals surface area contributed by atoms with E-state index in [4.69, 9.17) is 18.6 Å². The van der Waals surface area contributed by atoms with E-state index in [2.05, 4.69) is 0 Å². The number of alkyl halides is 3. The van der Waals surface area contributed by atoms with Crippen LogP contribution in [0.25, 0.3) is 11.0 Å². The molecule has 0 bridgehead atoms. The van der Waals surface area contributed by atoms with Gasteiger partial charge in [-0.25, -0.2) is 9.59 Å². The molecule has 34 heavy (non-hydrogen) atoms. The van der Waals surface area contributed by atoms with Gasteiger partial charge in [-0.15, -0.1) is 0 Å². The van der Waals surface area contributed by atoms with Gasteiger partial charge >= 0.3 is 17.8 Å². The molecule has 2 heterocycles. The SMILES string of the molecule is CO[C@@](C(=O)O[C@@H]1c2c(ccc3oc(=O)ccc23)OC(C)(C)[C@@H]1O)(c1ccccc1)C(F)(F)F. The molecule has 0 amide bonds. The summed E-state index contributed by atoms with van der Waals surface area (Å²) in [6.45, 7) is 3.00. The van der Waals surface area contributed by atoms with Gasteiger partial charge in [-0.05, 0) is 32.0 Å². The van der Waals surface area contributed by atoms with E-state index in [1.807, 2.05) is 0 Å². The number of carbonyl (C=O) groups is 1. The fourth-order valence-electron chi connectivity index (χ4n) is 4.11. The molecule has 1 aromatic heterocycles. The molecular weight excluding hydrogens is 457 g/mol. The molecule has 0 saturated carbocycles. The molecule has 4 rings (SSSR count). The summed E-state index contributed by atoms with van der Waals surface area (Å²) < 4.78 is 64.2. The molecule has 1 aliphatic heterocycles. The molecule has 0 fully saturated rings. The van der Waals surface area contributed by atoms with Crippen molar-refractivity contribution in [1.29, 1.82) is 0 Å². The molecule has 1 N–H and O–H groups in total. The van der Waals surface area contributed by atoms with Crippen LogP contribution in [0, 0.1) is 0 Å². The van der Waals surface area contributed by atoms with E-state index in [-0.39, 0.29) is 22.3 Å². The van der Waals surface area contributed by atoms with E-state index in [1.54, 1.807) is 0 Å². The molecule has 0 radical (unpaired) electrons. The number of ether oxygens (including phenoxy) is 3. The number of hydrogen-bond donors (Lipinski definition) is 1. The zero-order chi connectivity index (χ0) is 24.9. The molecule has 0 aliphatic carbocycles. The topological polar surface area (TPSA) is 95.2 Å². The highest BCUT2D eigenvalue weighted by Gasteiger charge is 2.65. The van der Waals surface area contributed by atoms with Crippen molar-refractivity contribution < 1.29 is 41.7 Å². The summed E-state index contributed by atoms with van der Waals surface area (Å²) in [7, 11) is 0.754. The number of fused-ring (bicyclic) bond motifs is 3. The smallest absolute Gasteiger partial charge is 0.432 e. The Labute approximate surface area is 191 Å². The third-order valence-electron chi connectivity index (χ3n) is 5.87. The summed E-state index contributed by atoms with van der Waals surface area (Å²) >= 11 is 0. The zero-order valence-corrected chi connectivity index (χ0v) is 18.4. The maximum atomic E-state index is 14.3. The van der Waals surface area contributed by atoms with Crippen LogP contribution in [0.3, 0.4) is 0 Å². The predicted octanol–water partition coefficient (Wildman–Crippen LogP) is 4.01. The first-order chi connectivity index (χ1) is 15.9. The van der Waals surface area contributed by atoms with Crippen LogP contribution in [0.4, 0.5) is 13.2 Å². The Bertz CT molecular complexity index is 1280. The maximum absolute atomic E-state index is 14.3. The van der Waals surface area contributed by atoms with Crippen molar-refractivity contribution in [1.82, 2.24) is 0 Å². The summed E-state index contributed by atoms with van der Waals surface area (Å²) in [4.78, 5) is 24.9.